The Labute approximate surface area is 126 Å². The second-order valence-electron chi connectivity index (χ2n) is 6.27. The number of hydrogen-bond donors (Lipinski definition) is 2. The molecule has 0 aliphatic carbocycles. The summed E-state index contributed by atoms with van der Waals surface area (Å²) >= 11 is 0. The first kappa shape index (κ1) is 17.4. The predicted molar refractivity (Wildman–Crippen MR) is 83.9 cm³/mol. The van der Waals surface area contributed by atoms with Gasteiger partial charge in [-0.2, -0.15) is 0 Å². The highest BCUT2D eigenvalue weighted by Crippen LogP contribution is 2.25. The second kappa shape index (κ2) is 7.38. The molecule has 0 fully saturated rings. The zero-order valence-electron chi connectivity index (χ0n) is 13.6. The van der Waals surface area contributed by atoms with Crippen molar-refractivity contribution >= 4 is 11.7 Å². The van der Waals surface area contributed by atoms with Gasteiger partial charge < -0.3 is 10.6 Å². The maximum absolute atomic E-state index is 14.2. The number of rotatable bonds is 7. The normalized spacial score (nSPS) is 11.6. The molecule has 0 saturated carbocycles. The first-order chi connectivity index (χ1) is 9.79. The Morgan fingerprint density at radius 1 is 1.43 bits per heavy atom. The molecule has 0 atom stereocenters. The third-order valence-electron chi connectivity index (χ3n) is 3.94. The molecule has 0 spiro atoms. The van der Waals surface area contributed by atoms with Crippen LogP contribution in [0.4, 0.5) is 10.2 Å². The van der Waals surface area contributed by atoms with Crippen molar-refractivity contribution in [3.05, 3.63) is 23.6 Å². The second-order valence-corrected chi connectivity index (χ2v) is 6.27. The van der Waals surface area contributed by atoms with E-state index in [4.69, 9.17) is 0 Å². The number of halogens is 1. The zero-order valence-corrected chi connectivity index (χ0v) is 13.6. The Balaban J connectivity index is 2.79. The van der Waals surface area contributed by atoms with Crippen molar-refractivity contribution in [3.63, 3.8) is 0 Å². The van der Waals surface area contributed by atoms with Crippen molar-refractivity contribution in [2.75, 3.05) is 18.4 Å². The summed E-state index contributed by atoms with van der Waals surface area (Å²) in [6.45, 7) is 11.5. The Kier molecular flexibility index (Phi) is 6.12. The molecule has 1 aromatic heterocycles. The van der Waals surface area contributed by atoms with E-state index in [2.05, 4.69) is 43.3 Å². The van der Waals surface area contributed by atoms with Crippen molar-refractivity contribution in [1.29, 1.82) is 0 Å². The minimum absolute atomic E-state index is 0.0307. The van der Waals surface area contributed by atoms with E-state index in [0.717, 1.165) is 6.42 Å². The Morgan fingerprint density at radius 3 is 2.67 bits per heavy atom. The van der Waals surface area contributed by atoms with Gasteiger partial charge in [-0.1, -0.05) is 34.6 Å². The summed E-state index contributed by atoms with van der Waals surface area (Å²) in [7, 11) is 0. The van der Waals surface area contributed by atoms with Crippen molar-refractivity contribution < 1.29 is 9.18 Å². The monoisotopic (exact) mass is 295 g/mol. The van der Waals surface area contributed by atoms with E-state index in [9.17, 15) is 9.18 Å². The minimum Gasteiger partial charge on any atom is -0.368 e. The van der Waals surface area contributed by atoms with Gasteiger partial charge in [-0.05, 0) is 23.8 Å². The Bertz CT molecular complexity index is 486. The molecule has 0 radical (unpaired) electrons. The van der Waals surface area contributed by atoms with Crippen LogP contribution in [0, 0.1) is 17.2 Å². The van der Waals surface area contributed by atoms with E-state index in [1.54, 1.807) is 0 Å². The van der Waals surface area contributed by atoms with Gasteiger partial charge in [0.2, 0.25) is 0 Å². The number of pyridine rings is 1. The molecule has 2 N–H and O–H groups in total. The molecule has 1 amide bonds. The van der Waals surface area contributed by atoms with Crippen molar-refractivity contribution in [1.82, 2.24) is 10.3 Å². The average molecular weight is 295 g/mol. The number of aromatic nitrogens is 1. The molecular weight excluding hydrogens is 269 g/mol. The van der Waals surface area contributed by atoms with Gasteiger partial charge in [0.15, 0.2) is 11.6 Å². The lowest BCUT2D eigenvalue weighted by atomic mass is 9.81. The van der Waals surface area contributed by atoms with E-state index >= 15 is 0 Å². The Hall–Kier alpha value is -1.65. The lowest BCUT2D eigenvalue weighted by Crippen LogP contribution is -2.37. The molecule has 0 aromatic carbocycles. The van der Waals surface area contributed by atoms with Gasteiger partial charge in [0.1, 0.15) is 0 Å². The van der Waals surface area contributed by atoms with Crippen molar-refractivity contribution in [2.24, 2.45) is 11.3 Å². The van der Waals surface area contributed by atoms with Crippen LogP contribution in [0.1, 0.15) is 51.4 Å². The maximum Gasteiger partial charge on any atom is 0.254 e. The number of carbonyl (C=O) groups excluding carboxylic acids is 1. The third-order valence-corrected chi connectivity index (χ3v) is 3.94. The van der Waals surface area contributed by atoms with Crippen LogP contribution in [-0.4, -0.2) is 24.0 Å². The van der Waals surface area contributed by atoms with Gasteiger partial charge in [0, 0.05) is 19.3 Å². The van der Waals surface area contributed by atoms with Crippen LogP contribution in [0.15, 0.2) is 12.3 Å². The summed E-state index contributed by atoms with van der Waals surface area (Å²) in [5.41, 5.74) is -0.00853. The predicted octanol–water partition coefficient (Wildman–Crippen LogP) is 3.45. The molecule has 1 aromatic rings. The topological polar surface area (TPSA) is 54.0 Å². The van der Waals surface area contributed by atoms with E-state index in [1.165, 1.54) is 12.3 Å². The lowest BCUT2D eigenvalue weighted by Gasteiger charge is -2.29. The SMILES string of the molecule is CCCNc1nccc(C(=O)NCC(C)(C)C(C)C)c1F. The molecule has 0 saturated heterocycles. The summed E-state index contributed by atoms with van der Waals surface area (Å²) in [5, 5.41) is 5.69. The minimum atomic E-state index is -0.592. The molecule has 118 valence electrons. The van der Waals surface area contributed by atoms with Gasteiger partial charge in [0.05, 0.1) is 5.56 Å². The standard InChI is InChI=1S/C16H26FN3O/c1-6-8-18-14-13(17)12(7-9-19-14)15(21)20-10-16(4,5)11(2)3/h7,9,11H,6,8,10H2,1-5H3,(H,18,19)(H,20,21). The number of nitrogens with zero attached hydrogens (tertiary/aromatic N) is 1. The van der Waals surface area contributed by atoms with Crippen LogP contribution < -0.4 is 10.6 Å². The Morgan fingerprint density at radius 2 is 2.10 bits per heavy atom. The number of amides is 1. The summed E-state index contributed by atoms with van der Waals surface area (Å²) in [6.07, 6.45) is 2.31. The number of carbonyl (C=O) groups is 1. The first-order valence-corrected chi connectivity index (χ1v) is 7.46. The van der Waals surface area contributed by atoms with Gasteiger partial charge in [-0.15, -0.1) is 0 Å². The molecule has 5 heteroatoms. The number of hydrogen-bond acceptors (Lipinski definition) is 3. The molecule has 0 aliphatic rings. The van der Waals surface area contributed by atoms with E-state index in [1.807, 2.05) is 6.92 Å². The van der Waals surface area contributed by atoms with Crippen molar-refractivity contribution in [3.8, 4) is 0 Å². The van der Waals surface area contributed by atoms with Crippen LogP contribution in [0.3, 0.4) is 0 Å². The fourth-order valence-electron chi connectivity index (χ4n) is 1.59. The highest BCUT2D eigenvalue weighted by molar-refractivity contribution is 5.95. The molecule has 4 nitrogen and oxygen atoms in total. The fourth-order valence-corrected chi connectivity index (χ4v) is 1.59. The summed E-state index contributed by atoms with van der Waals surface area (Å²) < 4.78 is 14.2. The zero-order chi connectivity index (χ0) is 16.0. The summed E-state index contributed by atoms with van der Waals surface area (Å²) in [4.78, 5) is 16.1. The molecular formula is C16H26FN3O. The highest BCUT2D eigenvalue weighted by atomic mass is 19.1. The molecule has 21 heavy (non-hydrogen) atoms. The van der Waals surface area contributed by atoms with E-state index in [-0.39, 0.29) is 16.8 Å². The lowest BCUT2D eigenvalue weighted by molar-refractivity contribution is 0.0920. The molecule has 0 unspecified atom stereocenters. The smallest absolute Gasteiger partial charge is 0.254 e. The summed E-state index contributed by atoms with van der Waals surface area (Å²) in [5.74, 6) is -0.441. The third kappa shape index (κ3) is 4.69. The number of anilines is 1. The van der Waals surface area contributed by atoms with Crippen molar-refractivity contribution in [2.45, 2.75) is 41.0 Å². The number of nitrogens with one attached hydrogen (secondary N) is 2. The van der Waals surface area contributed by atoms with E-state index in [0.29, 0.717) is 19.0 Å². The van der Waals surface area contributed by atoms with Crippen LogP contribution in [0.2, 0.25) is 0 Å². The van der Waals surface area contributed by atoms with Crippen LogP contribution in [0.5, 0.6) is 0 Å². The highest BCUT2D eigenvalue weighted by Gasteiger charge is 2.24. The van der Waals surface area contributed by atoms with Gasteiger partial charge in [0.25, 0.3) is 5.91 Å². The quantitative estimate of drug-likeness (QED) is 0.810. The maximum atomic E-state index is 14.2. The van der Waals surface area contributed by atoms with Crippen LogP contribution in [0.25, 0.3) is 0 Å². The molecule has 1 heterocycles. The molecule has 1 rings (SSSR count). The van der Waals surface area contributed by atoms with Crippen LogP contribution >= 0.6 is 0 Å². The van der Waals surface area contributed by atoms with E-state index < -0.39 is 11.7 Å². The largest absolute Gasteiger partial charge is 0.368 e. The van der Waals surface area contributed by atoms with Gasteiger partial charge >= 0.3 is 0 Å². The average Bonchev–Trinajstić information content (AvgIpc) is 2.43. The fraction of sp³-hybridized carbons (Fsp3) is 0.625. The van der Waals surface area contributed by atoms with Gasteiger partial charge in [-0.25, -0.2) is 9.37 Å². The van der Waals surface area contributed by atoms with Crippen LogP contribution in [-0.2, 0) is 0 Å². The summed E-state index contributed by atoms with van der Waals surface area (Å²) in [6, 6.07) is 1.41. The molecule has 0 aliphatic heterocycles. The first-order valence-electron chi connectivity index (χ1n) is 7.46. The van der Waals surface area contributed by atoms with Gasteiger partial charge in [-0.3, -0.25) is 4.79 Å². The molecule has 0 bridgehead atoms.